The molecule has 4 aliphatic rings. The number of carbonyl (C=O) groups excluding carboxylic acids is 1. The average Bonchev–Trinajstić information content (AvgIpc) is 3.50. The number of amides is 1. The minimum absolute atomic E-state index is 0.0368. The van der Waals surface area contributed by atoms with Crippen molar-refractivity contribution in [2.75, 3.05) is 13.7 Å². The molecule has 3 aromatic rings. The molecule has 1 aliphatic heterocycles. The molecule has 11 heteroatoms. The van der Waals surface area contributed by atoms with Crippen molar-refractivity contribution in [3.63, 3.8) is 0 Å². The normalized spacial score (nSPS) is 31.6. The van der Waals surface area contributed by atoms with E-state index in [1.54, 1.807) is 18.2 Å². The molecule has 42 heavy (non-hydrogen) atoms. The first-order valence-corrected chi connectivity index (χ1v) is 15.4. The highest BCUT2D eigenvalue weighted by Crippen LogP contribution is 2.73. The predicted octanol–water partition coefficient (Wildman–Crippen LogP) is 3.50. The number of aromatic hydroxyl groups is 1. The van der Waals surface area contributed by atoms with Crippen LogP contribution in [-0.4, -0.2) is 60.2 Å². The number of carbonyl (C=O) groups is 1. The number of hydrogen-bond donors (Lipinski definition) is 3. The molecule has 2 spiro atoms. The third-order valence-corrected chi connectivity index (χ3v) is 11.8. The summed E-state index contributed by atoms with van der Waals surface area (Å²) in [6.07, 6.45) is 7.98. The number of benzene rings is 2. The molecule has 9 nitrogen and oxygen atoms in total. The molecular weight excluding hydrogens is 563 g/mol. The largest absolute Gasteiger partial charge is 0.504 e. The highest BCUT2D eigenvalue weighted by molar-refractivity contribution is 7.89. The van der Waals surface area contributed by atoms with Gasteiger partial charge in [0.05, 0.1) is 36.2 Å². The van der Waals surface area contributed by atoms with Gasteiger partial charge in [-0.1, -0.05) is 6.07 Å². The van der Waals surface area contributed by atoms with Gasteiger partial charge in [0.2, 0.25) is 15.9 Å². The van der Waals surface area contributed by atoms with Crippen molar-refractivity contribution in [3.05, 3.63) is 83.6 Å². The third-order valence-electron chi connectivity index (χ3n) is 9.95. The molecule has 220 valence electrons. The number of ether oxygens (including phenoxy) is 1. The number of aliphatic hydroxyl groups is 1. The van der Waals surface area contributed by atoms with Gasteiger partial charge in [-0.2, -0.15) is 4.31 Å². The SMILES string of the molecule is COc1ccc2c(c1O)C13CC(NC(=O)/C=C/c4ccoc4)CCC1(O)C1N(S(=O)(=O)c4ccc(F)cc4)CC1(C2)C3. The van der Waals surface area contributed by atoms with Gasteiger partial charge in [-0.25, -0.2) is 12.8 Å². The fourth-order valence-electron chi connectivity index (χ4n) is 8.48. The van der Waals surface area contributed by atoms with E-state index in [1.165, 1.54) is 42.2 Å². The van der Waals surface area contributed by atoms with Crippen LogP contribution >= 0.6 is 0 Å². The number of furan rings is 1. The van der Waals surface area contributed by atoms with Crippen LogP contribution in [0.1, 0.15) is 42.4 Å². The molecular formula is C31H31FN2O7S. The molecule has 5 unspecified atom stereocenters. The number of sulfonamides is 1. The first-order valence-electron chi connectivity index (χ1n) is 13.9. The number of hydrogen-bond acceptors (Lipinski definition) is 7. The summed E-state index contributed by atoms with van der Waals surface area (Å²) in [4.78, 5) is 12.9. The minimum Gasteiger partial charge on any atom is -0.504 e. The van der Waals surface area contributed by atoms with Gasteiger partial charge in [0.15, 0.2) is 11.5 Å². The van der Waals surface area contributed by atoms with Crippen LogP contribution in [0, 0.1) is 11.2 Å². The number of phenolic OH excluding ortho intramolecular Hbond substituents is 1. The second-order valence-electron chi connectivity index (χ2n) is 12.1. The molecule has 1 saturated heterocycles. The molecule has 0 radical (unpaired) electrons. The van der Waals surface area contributed by atoms with E-state index in [0.29, 0.717) is 31.2 Å². The summed E-state index contributed by atoms with van der Waals surface area (Å²) in [5, 5.41) is 27.3. The lowest BCUT2D eigenvalue weighted by Gasteiger charge is -2.57. The Balaban J connectivity index is 1.28. The summed E-state index contributed by atoms with van der Waals surface area (Å²) in [7, 11) is -2.59. The summed E-state index contributed by atoms with van der Waals surface area (Å²) >= 11 is 0. The maximum Gasteiger partial charge on any atom is 0.244 e. The monoisotopic (exact) mass is 594 g/mol. The van der Waals surface area contributed by atoms with Crippen molar-refractivity contribution >= 4 is 22.0 Å². The van der Waals surface area contributed by atoms with Crippen LogP contribution in [0.3, 0.4) is 0 Å². The minimum atomic E-state index is -4.05. The molecule has 2 aromatic carbocycles. The average molecular weight is 595 g/mol. The number of methoxy groups -OCH3 is 1. The molecule has 3 aliphatic carbocycles. The molecule has 5 atom stereocenters. The van der Waals surface area contributed by atoms with Crippen LogP contribution in [0.25, 0.3) is 6.08 Å². The maximum atomic E-state index is 13.8. The van der Waals surface area contributed by atoms with Crippen molar-refractivity contribution in [2.24, 2.45) is 5.41 Å². The van der Waals surface area contributed by atoms with Gasteiger partial charge in [-0.3, -0.25) is 4.79 Å². The zero-order chi connectivity index (χ0) is 29.5. The van der Waals surface area contributed by atoms with Crippen LogP contribution in [-0.2, 0) is 26.7 Å². The van der Waals surface area contributed by atoms with Crippen molar-refractivity contribution in [2.45, 2.75) is 60.1 Å². The van der Waals surface area contributed by atoms with E-state index < -0.39 is 38.3 Å². The Labute approximate surface area is 242 Å². The Bertz CT molecular complexity index is 1710. The summed E-state index contributed by atoms with van der Waals surface area (Å²) < 4.78 is 53.1. The lowest BCUT2D eigenvalue weighted by atomic mass is 9.57. The van der Waals surface area contributed by atoms with Crippen LogP contribution in [0.5, 0.6) is 11.5 Å². The number of phenols is 1. The summed E-state index contributed by atoms with van der Waals surface area (Å²) in [6.45, 7) is 0.193. The molecule has 2 bridgehead atoms. The van der Waals surface area contributed by atoms with E-state index >= 15 is 0 Å². The lowest BCUT2D eigenvalue weighted by Crippen LogP contribution is -2.72. The van der Waals surface area contributed by atoms with E-state index in [-0.39, 0.29) is 41.3 Å². The molecule has 3 N–H and O–H groups in total. The van der Waals surface area contributed by atoms with Crippen molar-refractivity contribution < 1.29 is 37.0 Å². The number of fused-ring (bicyclic) bond motifs is 2. The second kappa shape index (κ2) is 9.16. The Morgan fingerprint density at radius 1 is 1.21 bits per heavy atom. The Morgan fingerprint density at radius 2 is 2.00 bits per heavy atom. The van der Waals surface area contributed by atoms with Gasteiger partial charge < -0.3 is 24.7 Å². The number of rotatable bonds is 6. The Kier molecular flexibility index (Phi) is 5.93. The van der Waals surface area contributed by atoms with Crippen LogP contribution in [0.15, 0.2) is 70.4 Å². The summed E-state index contributed by atoms with van der Waals surface area (Å²) in [5.41, 5.74) is -0.974. The third kappa shape index (κ3) is 3.66. The molecule has 7 rings (SSSR count). The Hall–Kier alpha value is -3.67. The van der Waals surface area contributed by atoms with Gasteiger partial charge >= 0.3 is 0 Å². The Morgan fingerprint density at radius 3 is 2.71 bits per heavy atom. The smallest absolute Gasteiger partial charge is 0.244 e. The molecule has 2 heterocycles. The predicted molar refractivity (Wildman–Crippen MR) is 150 cm³/mol. The van der Waals surface area contributed by atoms with Gasteiger partial charge in [-0.05, 0) is 80.1 Å². The van der Waals surface area contributed by atoms with Crippen molar-refractivity contribution in [3.8, 4) is 11.5 Å². The summed E-state index contributed by atoms with van der Waals surface area (Å²) in [6, 6.07) is 8.92. The number of halogens is 1. The number of nitrogens with zero attached hydrogens (tertiary/aromatic N) is 1. The fourth-order valence-corrected chi connectivity index (χ4v) is 10.3. The van der Waals surface area contributed by atoms with Crippen LogP contribution in [0.2, 0.25) is 0 Å². The standard InChI is InChI=1S/C31H31FN2O7S/c1-40-24-8-3-20-14-29-17-30(26(20)27(24)36)15-22(33-25(35)9-2-19-11-13-41-16-19)10-12-31(30,37)28(29)34(18-29)42(38,39)23-6-4-21(32)5-7-23/h2-9,11,13,16,22,28,36-37H,10,12,14-15,17-18H2,1H3,(H,33,35)/b9-2+. The lowest BCUT2D eigenvalue weighted by molar-refractivity contribution is -0.129. The quantitative estimate of drug-likeness (QED) is 0.373. The van der Waals surface area contributed by atoms with Gasteiger partial charge in [0, 0.05) is 40.6 Å². The van der Waals surface area contributed by atoms with Gasteiger partial charge in [-0.15, -0.1) is 0 Å². The zero-order valence-electron chi connectivity index (χ0n) is 22.9. The van der Waals surface area contributed by atoms with Crippen LogP contribution < -0.4 is 10.1 Å². The zero-order valence-corrected chi connectivity index (χ0v) is 23.7. The molecule has 3 fully saturated rings. The fraction of sp³-hybridized carbons (Fsp3) is 0.387. The highest BCUT2D eigenvalue weighted by Gasteiger charge is 2.80. The highest BCUT2D eigenvalue weighted by atomic mass is 32.2. The topological polar surface area (TPSA) is 129 Å². The van der Waals surface area contributed by atoms with E-state index in [9.17, 15) is 27.8 Å². The van der Waals surface area contributed by atoms with Crippen LogP contribution in [0.4, 0.5) is 4.39 Å². The molecule has 2 saturated carbocycles. The maximum absolute atomic E-state index is 13.8. The van der Waals surface area contributed by atoms with E-state index in [2.05, 4.69) is 5.32 Å². The van der Waals surface area contributed by atoms with Gasteiger partial charge in [0.25, 0.3) is 0 Å². The van der Waals surface area contributed by atoms with E-state index in [4.69, 9.17) is 9.15 Å². The molecule has 1 aromatic heterocycles. The number of nitrogens with one attached hydrogen (secondary N) is 1. The van der Waals surface area contributed by atoms with Crippen molar-refractivity contribution in [1.29, 1.82) is 0 Å². The van der Waals surface area contributed by atoms with Crippen molar-refractivity contribution in [1.82, 2.24) is 9.62 Å². The summed E-state index contributed by atoms with van der Waals surface area (Å²) in [5.74, 6) is -0.636. The van der Waals surface area contributed by atoms with E-state index in [1.807, 2.05) is 6.07 Å². The first-order chi connectivity index (χ1) is 20.0. The van der Waals surface area contributed by atoms with E-state index in [0.717, 1.165) is 23.3 Å². The van der Waals surface area contributed by atoms with Gasteiger partial charge in [0.1, 0.15) is 5.82 Å². The second-order valence-corrected chi connectivity index (χ2v) is 14.0. The molecule has 1 amide bonds. The first kappa shape index (κ1) is 27.2.